The third kappa shape index (κ3) is 2.05. The summed E-state index contributed by atoms with van der Waals surface area (Å²) in [6, 6.07) is 4.78. The first-order valence-corrected chi connectivity index (χ1v) is 8.06. The molecular formula is C14H16N2O3S. The molecule has 0 saturated carbocycles. The molecule has 5 nitrogen and oxygen atoms in total. The third-order valence-corrected chi connectivity index (χ3v) is 5.68. The van der Waals surface area contributed by atoms with E-state index in [-0.39, 0.29) is 10.5 Å². The molecule has 1 aromatic heterocycles. The Bertz CT molecular complexity index is 818. The Labute approximate surface area is 117 Å². The molecule has 20 heavy (non-hydrogen) atoms. The molecule has 0 radical (unpaired) electrons. The van der Waals surface area contributed by atoms with Crippen LogP contribution in [-0.4, -0.2) is 30.8 Å². The van der Waals surface area contributed by atoms with Gasteiger partial charge in [-0.05, 0) is 42.8 Å². The van der Waals surface area contributed by atoms with Crippen molar-refractivity contribution in [1.29, 1.82) is 0 Å². The van der Waals surface area contributed by atoms with Crippen LogP contribution in [0.2, 0.25) is 0 Å². The van der Waals surface area contributed by atoms with Crippen molar-refractivity contribution in [2.45, 2.75) is 24.7 Å². The summed E-state index contributed by atoms with van der Waals surface area (Å²) in [5.74, 6) is 0. The van der Waals surface area contributed by atoms with Crippen molar-refractivity contribution < 1.29 is 8.42 Å². The highest BCUT2D eigenvalue weighted by Gasteiger charge is 2.27. The molecule has 0 atom stereocenters. The number of aromatic nitrogens is 1. The predicted molar refractivity (Wildman–Crippen MR) is 77.3 cm³/mol. The summed E-state index contributed by atoms with van der Waals surface area (Å²) in [4.78, 5) is 14.7. The van der Waals surface area contributed by atoms with Gasteiger partial charge < -0.3 is 4.98 Å². The van der Waals surface area contributed by atoms with Gasteiger partial charge >= 0.3 is 0 Å². The Morgan fingerprint density at radius 2 is 1.85 bits per heavy atom. The summed E-state index contributed by atoms with van der Waals surface area (Å²) in [5.41, 5.74) is 0.661. The fraction of sp³-hybridized carbons (Fsp3) is 0.357. The lowest BCUT2D eigenvalue weighted by Gasteiger charge is -2.15. The molecule has 0 aliphatic carbocycles. The zero-order valence-corrected chi connectivity index (χ0v) is 12.0. The molecule has 3 rings (SSSR count). The van der Waals surface area contributed by atoms with Crippen molar-refractivity contribution >= 4 is 20.8 Å². The summed E-state index contributed by atoms with van der Waals surface area (Å²) in [6.45, 7) is 3.00. The minimum absolute atomic E-state index is 0.197. The van der Waals surface area contributed by atoms with E-state index in [1.807, 2.05) is 6.92 Å². The number of hydrogen-bond acceptors (Lipinski definition) is 3. The van der Waals surface area contributed by atoms with Gasteiger partial charge in [-0.1, -0.05) is 6.07 Å². The van der Waals surface area contributed by atoms with Gasteiger partial charge in [0.1, 0.15) is 0 Å². The van der Waals surface area contributed by atoms with E-state index in [2.05, 4.69) is 4.98 Å². The number of fused-ring (bicyclic) bond motifs is 1. The zero-order chi connectivity index (χ0) is 14.3. The van der Waals surface area contributed by atoms with Crippen LogP contribution in [0.4, 0.5) is 0 Å². The summed E-state index contributed by atoms with van der Waals surface area (Å²) in [5, 5.41) is 1.21. The molecular weight excluding hydrogens is 276 g/mol. The van der Waals surface area contributed by atoms with Crippen molar-refractivity contribution in [3.05, 3.63) is 40.3 Å². The molecule has 0 unspecified atom stereocenters. The quantitative estimate of drug-likeness (QED) is 0.914. The maximum atomic E-state index is 12.5. The average molecular weight is 292 g/mol. The largest absolute Gasteiger partial charge is 0.328 e. The van der Waals surface area contributed by atoms with Crippen LogP contribution in [0, 0.1) is 6.92 Å². The zero-order valence-electron chi connectivity index (χ0n) is 11.2. The van der Waals surface area contributed by atoms with Crippen molar-refractivity contribution in [1.82, 2.24) is 9.29 Å². The predicted octanol–water partition coefficient (Wildman–Crippen LogP) is 1.62. The monoisotopic (exact) mass is 292 g/mol. The number of benzene rings is 1. The highest BCUT2D eigenvalue weighted by atomic mass is 32.2. The molecule has 0 bridgehead atoms. The van der Waals surface area contributed by atoms with E-state index in [1.54, 1.807) is 18.3 Å². The fourth-order valence-corrected chi connectivity index (χ4v) is 4.17. The smallest absolute Gasteiger partial charge is 0.255 e. The summed E-state index contributed by atoms with van der Waals surface area (Å²) in [6.07, 6.45) is 3.43. The molecule has 2 aromatic rings. The lowest BCUT2D eigenvalue weighted by Crippen LogP contribution is -2.28. The number of hydrogen-bond donors (Lipinski definition) is 1. The number of aryl methyl sites for hydroxylation is 1. The van der Waals surface area contributed by atoms with E-state index >= 15 is 0 Å². The molecule has 1 aromatic carbocycles. The first-order valence-electron chi connectivity index (χ1n) is 6.62. The number of nitrogens with one attached hydrogen (secondary N) is 1. The second kappa shape index (κ2) is 4.71. The van der Waals surface area contributed by atoms with Gasteiger partial charge in [-0.15, -0.1) is 0 Å². The number of pyridine rings is 1. The van der Waals surface area contributed by atoms with Crippen molar-refractivity contribution in [2.24, 2.45) is 0 Å². The van der Waals surface area contributed by atoms with Crippen LogP contribution in [0.15, 0.2) is 34.1 Å². The standard InChI is InChI=1S/C14H16N2O3S/c1-10-9-15-14(17)13-8-11(4-5-12(10)13)20(18,19)16-6-2-3-7-16/h4-5,8-9H,2-3,6-7H2,1H3,(H,15,17). The molecule has 6 heteroatoms. The Hall–Kier alpha value is -1.66. The van der Waals surface area contributed by atoms with Gasteiger partial charge in [-0.25, -0.2) is 8.42 Å². The highest BCUT2D eigenvalue weighted by molar-refractivity contribution is 7.89. The summed E-state index contributed by atoms with van der Waals surface area (Å²) >= 11 is 0. The van der Waals surface area contributed by atoms with Crippen LogP contribution >= 0.6 is 0 Å². The molecule has 0 spiro atoms. The van der Waals surface area contributed by atoms with E-state index in [0.717, 1.165) is 23.8 Å². The van der Waals surface area contributed by atoms with Crippen molar-refractivity contribution in [3.63, 3.8) is 0 Å². The number of rotatable bonds is 2. The number of aromatic amines is 1. The number of sulfonamides is 1. The molecule has 1 fully saturated rings. The molecule has 0 amide bonds. The molecule has 106 valence electrons. The molecule has 1 saturated heterocycles. The van der Waals surface area contributed by atoms with Gasteiger partial charge in [-0.3, -0.25) is 4.79 Å². The average Bonchev–Trinajstić information content (AvgIpc) is 2.97. The van der Waals surface area contributed by atoms with Gasteiger partial charge in [0.25, 0.3) is 5.56 Å². The van der Waals surface area contributed by atoms with Crippen LogP contribution in [0.25, 0.3) is 10.8 Å². The fourth-order valence-electron chi connectivity index (χ4n) is 2.62. The minimum atomic E-state index is -3.48. The third-order valence-electron chi connectivity index (χ3n) is 3.78. The van der Waals surface area contributed by atoms with Gasteiger partial charge in [0.15, 0.2) is 0 Å². The van der Waals surface area contributed by atoms with E-state index in [4.69, 9.17) is 0 Å². The Morgan fingerprint density at radius 3 is 2.55 bits per heavy atom. The van der Waals surface area contributed by atoms with E-state index in [9.17, 15) is 13.2 Å². The van der Waals surface area contributed by atoms with Crippen LogP contribution in [0.5, 0.6) is 0 Å². The molecule has 1 aliphatic heterocycles. The molecule has 1 N–H and O–H groups in total. The normalized spacial score (nSPS) is 16.9. The first kappa shape index (κ1) is 13.3. The van der Waals surface area contributed by atoms with Crippen LogP contribution in [0.1, 0.15) is 18.4 Å². The van der Waals surface area contributed by atoms with Gasteiger partial charge in [-0.2, -0.15) is 4.31 Å². The Kier molecular flexibility index (Phi) is 3.14. The van der Waals surface area contributed by atoms with Gasteiger partial charge in [0.2, 0.25) is 10.0 Å². The topological polar surface area (TPSA) is 70.2 Å². The van der Waals surface area contributed by atoms with Gasteiger partial charge in [0.05, 0.1) is 4.90 Å². The lowest BCUT2D eigenvalue weighted by atomic mass is 10.1. The second-order valence-electron chi connectivity index (χ2n) is 5.12. The second-order valence-corrected chi connectivity index (χ2v) is 7.06. The first-order chi connectivity index (χ1) is 9.50. The van der Waals surface area contributed by atoms with Crippen LogP contribution in [0.3, 0.4) is 0 Å². The van der Waals surface area contributed by atoms with Crippen molar-refractivity contribution in [2.75, 3.05) is 13.1 Å². The van der Waals surface area contributed by atoms with Crippen LogP contribution < -0.4 is 5.56 Å². The summed E-state index contributed by atoms with van der Waals surface area (Å²) in [7, 11) is -3.48. The molecule has 1 aliphatic rings. The van der Waals surface area contributed by atoms with E-state index < -0.39 is 10.0 Å². The minimum Gasteiger partial charge on any atom is -0.328 e. The van der Waals surface area contributed by atoms with Crippen LogP contribution in [-0.2, 0) is 10.0 Å². The lowest BCUT2D eigenvalue weighted by molar-refractivity contribution is 0.477. The number of H-pyrrole nitrogens is 1. The Morgan fingerprint density at radius 1 is 1.15 bits per heavy atom. The van der Waals surface area contributed by atoms with Gasteiger partial charge in [0, 0.05) is 24.7 Å². The maximum Gasteiger partial charge on any atom is 0.255 e. The Balaban J connectivity index is 2.18. The van der Waals surface area contributed by atoms with Crippen molar-refractivity contribution in [3.8, 4) is 0 Å². The maximum absolute atomic E-state index is 12.5. The molecule has 2 heterocycles. The van der Waals surface area contributed by atoms with E-state index in [1.165, 1.54) is 10.4 Å². The SMILES string of the molecule is Cc1c[nH]c(=O)c2cc(S(=O)(=O)N3CCCC3)ccc12. The summed E-state index contributed by atoms with van der Waals surface area (Å²) < 4.78 is 26.5. The highest BCUT2D eigenvalue weighted by Crippen LogP contribution is 2.24. The van der Waals surface area contributed by atoms with E-state index in [0.29, 0.717) is 18.5 Å². The number of nitrogens with zero attached hydrogens (tertiary/aromatic N) is 1.